The highest BCUT2D eigenvalue weighted by molar-refractivity contribution is 7.89. The number of hydrogen-bond acceptors (Lipinski definition) is 3. The third-order valence-corrected chi connectivity index (χ3v) is 5.62. The van der Waals surface area contributed by atoms with Crippen molar-refractivity contribution in [1.29, 1.82) is 0 Å². The molecule has 9 heteroatoms. The molecule has 21 heavy (non-hydrogen) atoms. The number of benzene rings is 1. The lowest BCUT2D eigenvalue weighted by atomic mass is 10.1. The van der Waals surface area contributed by atoms with E-state index in [9.17, 15) is 26.7 Å². The van der Waals surface area contributed by atoms with E-state index < -0.39 is 37.8 Å². The molecule has 1 aromatic carbocycles. The fourth-order valence-electron chi connectivity index (χ4n) is 2.26. The fraction of sp³-hybridized carbons (Fsp3) is 0.500. The zero-order chi connectivity index (χ0) is 15.8. The van der Waals surface area contributed by atoms with Crippen molar-refractivity contribution in [3.05, 3.63) is 28.8 Å². The molecule has 2 rings (SSSR count). The van der Waals surface area contributed by atoms with Crippen LogP contribution < -0.4 is 0 Å². The molecular formula is C12H13ClF3NO3S. The number of sulfonamides is 1. The van der Waals surface area contributed by atoms with Gasteiger partial charge in [-0.2, -0.15) is 17.5 Å². The monoisotopic (exact) mass is 343 g/mol. The van der Waals surface area contributed by atoms with Crippen molar-refractivity contribution in [2.24, 2.45) is 0 Å². The van der Waals surface area contributed by atoms with Crippen molar-refractivity contribution in [2.75, 3.05) is 13.1 Å². The van der Waals surface area contributed by atoms with E-state index in [-0.39, 0.29) is 13.1 Å². The summed E-state index contributed by atoms with van der Waals surface area (Å²) in [5.41, 5.74) is -1.30. The molecule has 1 aliphatic heterocycles. The third-order valence-electron chi connectivity index (χ3n) is 3.23. The minimum Gasteiger partial charge on any atom is -0.392 e. The number of alkyl halides is 3. The molecule has 1 unspecified atom stereocenters. The predicted octanol–water partition coefficient (Wildman–Crippen LogP) is 2.50. The Kier molecular flexibility index (Phi) is 4.53. The molecule has 118 valence electrons. The van der Waals surface area contributed by atoms with Gasteiger partial charge in [0.25, 0.3) is 0 Å². The van der Waals surface area contributed by atoms with Crippen LogP contribution >= 0.6 is 11.6 Å². The lowest BCUT2D eigenvalue weighted by molar-refractivity contribution is -0.139. The molecule has 1 heterocycles. The van der Waals surface area contributed by atoms with Crippen LogP contribution in [0.5, 0.6) is 0 Å². The highest BCUT2D eigenvalue weighted by atomic mass is 35.5. The minimum atomic E-state index is -4.83. The van der Waals surface area contributed by atoms with Gasteiger partial charge in [-0.1, -0.05) is 17.7 Å². The second-order valence-electron chi connectivity index (χ2n) is 4.77. The molecule has 0 bridgehead atoms. The first-order chi connectivity index (χ1) is 9.64. The van der Waals surface area contributed by atoms with Crippen LogP contribution in [0.2, 0.25) is 5.02 Å². The molecule has 1 aromatic rings. The largest absolute Gasteiger partial charge is 0.417 e. The Balaban J connectivity index is 2.54. The summed E-state index contributed by atoms with van der Waals surface area (Å²) in [7, 11) is -4.42. The molecule has 4 nitrogen and oxygen atoms in total. The zero-order valence-electron chi connectivity index (χ0n) is 10.8. The van der Waals surface area contributed by atoms with Crippen molar-refractivity contribution in [3.63, 3.8) is 0 Å². The molecule has 1 atom stereocenters. The maximum atomic E-state index is 13.0. The van der Waals surface area contributed by atoms with Gasteiger partial charge in [0.1, 0.15) is 4.90 Å². The molecule has 0 amide bonds. The zero-order valence-corrected chi connectivity index (χ0v) is 12.3. The van der Waals surface area contributed by atoms with Crippen molar-refractivity contribution >= 4 is 21.6 Å². The lowest BCUT2D eigenvalue weighted by Crippen LogP contribution is -2.42. The van der Waals surface area contributed by atoms with Crippen LogP contribution in [-0.4, -0.2) is 37.0 Å². The van der Waals surface area contributed by atoms with E-state index in [2.05, 4.69) is 0 Å². The van der Waals surface area contributed by atoms with E-state index in [1.807, 2.05) is 0 Å². The summed E-state index contributed by atoms with van der Waals surface area (Å²) in [5, 5.41) is 9.05. The molecule has 0 radical (unpaired) electrons. The van der Waals surface area contributed by atoms with Gasteiger partial charge in [0.05, 0.1) is 16.7 Å². The van der Waals surface area contributed by atoms with Gasteiger partial charge in [-0.25, -0.2) is 8.42 Å². The number of rotatable bonds is 2. The van der Waals surface area contributed by atoms with Crippen LogP contribution in [0.1, 0.15) is 18.4 Å². The van der Waals surface area contributed by atoms with E-state index in [0.29, 0.717) is 18.9 Å². The maximum Gasteiger partial charge on any atom is 0.417 e. The Labute approximate surface area is 125 Å². The Morgan fingerprint density at radius 3 is 2.57 bits per heavy atom. The topological polar surface area (TPSA) is 57.6 Å². The van der Waals surface area contributed by atoms with E-state index in [1.54, 1.807) is 0 Å². The Hall–Kier alpha value is -0.830. The second-order valence-corrected chi connectivity index (χ2v) is 7.06. The molecule has 1 aliphatic rings. The standard InChI is InChI=1S/C12H13ClF3NO3S/c13-10-5-1-4-9(12(14,15)16)11(10)21(19,20)17-6-2-3-8(18)7-17/h1,4-5,8,18H,2-3,6-7H2. The first-order valence-corrected chi connectivity index (χ1v) is 8.00. The van der Waals surface area contributed by atoms with Crippen molar-refractivity contribution in [3.8, 4) is 0 Å². The second kappa shape index (κ2) is 5.75. The van der Waals surface area contributed by atoms with Gasteiger partial charge in [0.2, 0.25) is 10.0 Å². The number of aliphatic hydroxyl groups is 1. The van der Waals surface area contributed by atoms with Crippen LogP contribution in [0.4, 0.5) is 13.2 Å². The number of nitrogens with zero attached hydrogens (tertiary/aromatic N) is 1. The third kappa shape index (κ3) is 3.33. The molecule has 0 aliphatic carbocycles. The smallest absolute Gasteiger partial charge is 0.392 e. The Bertz CT molecular complexity index is 633. The number of hydrogen-bond donors (Lipinski definition) is 1. The number of aliphatic hydroxyl groups excluding tert-OH is 1. The summed E-state index contributed by atoms with van der Waals surface area (Å²) >= 11 is 5.71. The minimum absolute atomic E-state index is 0.0575. The average molecular weight is 344 g/mol. The fourth-order valence-corrected chi connectivity index (χ4v) is 4.50. The molecular weight excluding hydrogens is 331 g/mol. The van der Waals surface area contributed by atoms with Crippen molar-refractivity contribution < 1.29 is 26.7 Å². The summed E-state index contributed by atoms with van der Waals surface area (Å²) in [4.78, 5) is -0.951. The molecule has 1 N–H and O–H groups in total. The first-order valence-electron chi connectivity index (χ1n) is 6.18. The van der Waals surface area contributed by atoms with Gasteiger partial charge in [-0.05, 0) is 25.0 Å². The normalized spacial score (nSPS) is 21.5. The first kappa shape index (κ1) is 16.5. The summed E-state index contributed by atoms with van der Waals surface area (Å²) in [6.07, 6.45) is -4.92. The van der Waals surface area contributed by atoms with Gasteiger partial charge in [-0.15, -0.1) is 0 Å². The summed E-state index contributed by atoms with van der Waals surface area (Å²) in [6.45, 7) is -0.174. The summed E-state index contributed by atoms with van der Waals surface area (Å²) in [5.74, 6) is 0. The lowest BCUT2D eigenvalue weighted by Gasteiger charge is -2.30. The highest BCUT2D eigenvalue weighted by Gasteiger charge is 2.41. The van der Waals surface area contributed by atoms with E-state index in [4.69, 9.17) is 11.6 Å². The van der Waals surface area contributed by atoms with Crippen LogP contribution in [0.25, 0.3) is 0 Å². The molecule has 0 aromatic heterocycles. The van der Waals surface area contributed by atoms with Gasteiger partial charge >= 0.3 is 6.18 Å². The molecule has 1 fully saturated rings. The van der Waals surface area contributed by atoms with Gasteiger partial charge < -0.3 is 5.11 Å². The summed E-state index contributed by atoms with van der Waals surface area (Å²) in [6, 6.07) is 2.83. The average Bonchev–Trinajstić information content (AvgIpc) is 2.37. The van der Waals surface area contributed by atoms with E-state index in [0.717, 1.165) is 16.4 Å². The van der Waals surface area contributed by atoms with Gasteiger partial charge in [0.15, 0.2) is 0 Å². The van der Waals surface area contributed by atoms with Crippen molar-refractivity contribution in [1.82, 2.24) is 4.31 Å². The van der Waals surface area contributed by atoms with E-state index >= 15 is 0 Å². The van der Waals surface area contributed by atoms with Crippen LogP contribution in [0, 0.1) is 0 Å². The quantitative estimate of drug-likeness (QED) is 0.897. The molecule has 1 saturated heterocycles. The Morgan fingerprint density at radius 2 is 2.00 bits per heavy atom. The number of piperidine rings is 1. The van der Waals surface area contributed by atoms with Gasteiger partial charge in [0, 0.05) is 13.1 Å². The number of halogens is 4. The highest BCUT2D eigenvalue weighted by Crippen LogP contribution is 2.39. The number of β-amino-alcohol motifs (C(OH)–C–C–N with tert-alkyl or cyclic N) is 1. The molecule has 0 saturated carbocycles. The molecule has 0 spiro atoms. The van der Waals surface area contributed by atoms with Crippen LogP contribution in [0.15, 0.2) is 23.1 Å². The van der Waals surface area contributed by atoms with Gasteiger partial charge in [-0.3, -0.25) is 0 Å². The SMILES string of the molecule is O=S(=O)(c1c(Cl)cccc1C(F)(F)F)N1CCCC(O)C1. The Morgan fingerprint density at radius 1 is 1.33 bits per heavy atom. The van der Waals surface area contributed by atoms with E-state index in [1.165, 1.54) is 0 Å². The predicted molar refractivity (Wildman–Crippen MR) is 70.5 cm³/mol. The maximum absolute atomic E-state index is 13.0. The van der Waals surface area contributed by atoms with Crippen LogP contribution in [-0.2, 0) is 16.2 Å². The van der Waals surface area contributed by atoms with Crippen LogP contribution in [0.3, 0.4) is 0 Å². The summed E-state index contributed by atoms with van der Waals surface area (Å²) < 4.78 is 64.8. The van der Waals surface area contributed by atoms with Crippen molar-refractivity contribution in [2.45, 2.75) is 30.0 Å².